The van der Waals surface area contributed by atoms with Crippen molar-refractivity contribution in [3.05, 3.63) is 16.9 Å². The molecule has 0 radical (unpaired) electrons. The van der Waals surface area contributed by atoms with E-state index in [4.69, 9.17) is 4.74 Å². The summed E-state index contributed by atoms with van der Waals surface area (Å²) in [5.41, 5.74) is 0.980. The Kier molecular flexibility index (Phi) is 2.40. The van der Waals surface area contributed by atoms with Crippen molar-refractivity contribution in [2.75, 3.05) is 12.4 Å². The Morgan fingerprint density at radius 3 is 3.00 bits per heavy atom. The molecule has 1 aromatic rings. The predicted octanol–water partition coefficient (Wildman–Crippen LogP) is 2.43. The van der Waals surface area contributed by atoms with Crippen LogP contribution in [0, 0.1) is 0 Å². The van der Waals surface area contributed by atoms with E-state index in [1.807, 2.05) is 13.1 Å². The molecule has 0 atom stereocenters. The highest BCUT2D eigenvalue weighted by Gasteiger charge is 2.24. The van der Waals surface area contributed by atoms with Gasteiger partial charge in [-0.15, -0.1) is 0 Å². The number of pyridine rings is 1. The summed E-state index contributed by atoms with van der Waals surface area (Å²) >= 11 is 3.31. The van der Waals surface area contributed by atoms with Crippen LogP contribution in [0.15, 0.2) is 16.9 Å². The van der Waals surface area contributed by atoms with E-state index in [1.54, 1.807) is 6.20 Å². The highest BCUT2D eigenvalue weighted by atomic mass is 79.9. The summed E-state index contributed by atoms with van der Waals surface area (Å²) in [5, 5.41) is 3.07. The van der Waals surface area contributed by atoms with Gasteiger partial charge < -0.3 is 10.1 Å². The lowest BCUT2D eigenvalue weighted by molar-refractivity contribution is 0.303. The van der Waals surface area contributed by atoms with Crippen LogP contribution in [0.5, 0.6) is 5.75 Å². The maximum absolute atomic E-state index is 5.66. The standard InChI is InChI=1S/C9H11BrN2O/c1-11-7-4-9(10)12-5-8(7)13-6-2-3-6/h4-6H,2-3H2,1H3,(H,11,12). The van der Waals surface area contributed by atoms with Crippen LogP contribution in [-0.4, -0.2) is 18.1 Å². The van der Waals surface area contributed by atoms with Crippen molar-refractivity contribution < 1.29 is 4.74 Å². The SMILES string of the molecule is CNc1cc(Br)ncc1OC1CC1. The lowest BCUT2D eigenvalue weighted by Gasteiger charge is -2.09. The fraction of sp³-hybridized carbons (Fsp3) is 0.444. The Morgan fingerprint density at radius 1 is 1.62 bits per heavy atom. The Balaban J connectivity index is 2.21. The number of hydrogen-bond donors (Lipinski definition) is 1. The predicted molar refractivity (Wildman–Crippen MR) is 55.1 cm³/mol. The molecule has 1 N–H and O–H groups in total. The molecule has 4 heteroatoms. The molecular weight excluding hydrogens is 232 g/mol. The van der Waals surface area contributed by atoms with Gasteiger partial charge >= 0.3 is 0 Å². The topological polar surface area (TPSA) is 34.2 Å². The fourth-order valence-electron chi connectivity index (χ4n) is 1.07. The molecule has 0 amide bonds. The molecule has 0 aliphatic heterocycles. The maximum Gasteiger partial charge on any atom is 0.161 e. The molecule has 0 unspecified atom stereocenters. The summed E-state index contributed by atoms with van der Waals surface area (Å²) in [5.74, 6) is 0.841. The van der Waals surface area contributed by atoms with Gasteiger partial charge in [-0.3, -0.25) is 0 Å². The maximum atomic E-state index is 5.66. The van der Waals surface area contributed by atoms with E-state index in [2.05, 4.69) is 26.2 Å². The lowest BCUT2D eigenvalue weighted by Crippen LogP contribution is -2.00. The van der Waals surface area contributed by atoms with Crippen LogP contribution in [0.4, 0.5) is 5.69 Å². The summed E-state index contributed by atoms with van der Waals surface area (Å²) in [7, 11) is 1.88. The molecule has 2 rings (SSSR count). The number of aromatic nitrogens is 1. The van der Waals surface area contributed by atoms with Crippen LogP contribution in [0.2, 0.25) is 0 Å². The molecule has 1 aliphatic carbocycles. The quantitative estimate of drug-likeness (QED) is 0.828. The minimum Gasteiger partial charge on any atom is -0.487 e. The first-order valence-corrected chi connectivity index (χ1v) is 5.09. The van der Waals surface area contributed by atoms with Crippen molar-refractivity contribution in [3.8, 4) is 5.75 Å². The van der Waals surface area contributed by atoms with Crippen molar-refractivity contribution in [3.63, 3.8) is 0 Å². The summed E-state index contributed by atoms with van der Waals surface area (Å²) in [6.07, 6.45) is 4.49. The van der Waals surface area contributed by atoms with E-state index in [0.29, 0.717) is 6.10 Å². The monoisotopic (exact) mass is 242 g/mol. The van der Waals surface area contributed by atoms with E-state index >= 15 is 0 Å². The first kappa shape index (κ1) is 8.81. The van der Waals surface area contributed by atoms with Gasteiger partial charge in [0.05, 0.1) is 18.0 Å². The molecule has 1 heterocycles. The zero-order chi connectivity index (χ0) is 9.26. The Labute approximate surface area is 85.6 Å². The summed E-state index contributed by atoms with van der Waals surface area (Å²) < 4.78 is 6.48. The van der Waals surface area contributed by atoms with Gasteiger partial charge in [0.15, 0.2) is 5.75 Å². The summed E-state index contributed by atoms with van der Waals surface area (Å²) in [6, 6.07) is 1.91. The zero-order valence-corrected chi connectivity index (χ0v) is 8.97. The molecule has 1 aromatic heterocycles. The molecule has 0 spiro atoms. The number of nitrogens with one attached hydrogen (secondary N) is 1. The van der Waals surface area contributed by atoms with Crippen molar-refractivity contribution >= 4 is 21.6 Å². The average Bonchev–Trinajstić information content (AvgIpc) is 2.92. The van der Waals surface area contributed by atoms with Crippen LogP contribution in [-0.2, 0) is 0 Å². The highest BCUT2D eigenvalue weighted by molar-refractivity contribution is 9.10. The van der Waals surface area contributed by atoms with Crippen LogP contribution < -0.4 is 10.1 Å². The second-order valence-electron chi connectivity index (χ2n) is 3.07. The van der Waals surface area contributed by atoms with Crippen LogP contribution in [0.1, 0.15) is 12.8 Å². The minimum atomic E-state index is 0.412. The zero-order valence-electron chi connectivity index (χ0n) is 7.38. The molecule has 1 saturated carbocycles. The Morgan fingerprint density at radius 2 is 2.38 bits per heavy atom. The smallest absolute Gasteiger partial charge is 0.161 e. The van der Waals surface area contributed by atoms with Gasteiger partial charge in [-0.25, -0.2) is 4.98 Å². The van der Waals surface area contributed by atoms with E-state index in [0.717, 1.165) is 16.0 Å². The normalized spacial score (nSPS) is 15.5. The number of rotatable bonds is 3. The third kappa shape index (κ3) is 2.12. The first-order chi connectivity index (χ1) is 6.29. The molecule has 70 valence electrons. The van der Waals surface area contributed by atoms with Crippen molar-refractivity contribution in [2.24, 2.45) is 0 Å². The third-order valence-electron chi connectivity index (χ3n) is 1.92. The summed E-state index contributed by atoms with van der Waals surface area (Å²) in [4.78, 5) is 4.12. The van der Waals surface area contributed by atoms with E-state index in [9.17, 15) is 0 Å². The van der Waals surface area contributed by atoms with Crippen molar-refractivity contribution in [1.29, 1.82) is 0 Å². The first-order valence-electron chi connectivity index (χ1n) is 4.29. The van der Waals surface area contributed by atoms with Gasteiger partial charge in [-0.2, -0.15) is 0 Å². The van der Waals surface area contributed by atoms with Crippen molar-refractivity contribution in [1.82, 2.24) is 4.98 Å². The largest absolute Gasteiger partial charge is 0.487 e. The van der Waals surface area contributed by atoms with Gasteiger partial charge in [0.25, 0.3) is 0 Å². The van der Waals surface area contributed by atoms with Crippen LogP contribution in [0.25, 0.3) is 0 Å². The number of anilines is 1. The van der Waals surface area contributed by atoms with Gasteiger partial charge in [0.1, 0.15) is 4.60 Å². The second kappa shape index (κ2) is 3.54. The van der Waals surface area contributed by atoms with Gasteiger partial charge in [0, 0.05) is 7.05 Å². The Hall–Kier alpha value is -0.770. The molecule has 1 aliphatic rings. The number of nitrogens with zero attached hydrogens (tertiary/aromatic N) is 1. The van der Waals surface area contributed by atoms with E-state index in [-0.39, 0.29) is 0 Å². The number of ether oxygens (including phenoxy) is 1. The van der Waals surface area contributed by atoms with Crippen LogP contribution >= 0.6 is 15.9 Å². The molecular formula is C9H11BrN2O. The third-order valence-corrected chi connectivity index (χ3v) is 2.36. The highest BCUT2D eigenvalue weighted by Crippen LogP contribution is 2.32. The fourth-order valence-corrected chi connectivity index (χ4v) is 1.40. The summed E-state index contributed by atoms with van der Waals surface area (Å²) in [6.45, 7) is 0. The lowest BCUT2D eigenvalue weighted by atomic mass is 10.4. The van der Waals surface area contributed by atoms with Gasteiger partial charge in [-0.05, 0) is 34.8 Å². The minimum absolute atomic E-state index is 0.412. The van der Waals surface area contributed by atoms with Gasteiger partial charge in [0.2, 0.25) is 0 Å². The molecule has 13 heavy (non-hydrogen) atoms. The molecule has 0 aromatic carbocycles. The van der Waals surface area contributed by atoms with E-state index in [1.165, 1.54) is 12.8 Å². The molecule has 0 bridgehead atoms. The molecule has 1 fully saturated rings. The van der Waals surface area contributed by atoms with E-state index < -0.39 is 0 Å². The Bertz CT molecular complexity index is 312. The van der Waals surface area contributed by atoms with Crippen LogP contribution in [0.3, 0.4) is 0 Å². The number of hydrogen-bond acceptors (Lipinski definition) is 3. The second-order valence-corrected chi connectivity index (χ2v) is 3.88. The molecule has 3 nitrogen and oxygen atoms in total. The van der Waals surface area contributed by atoms with Gasteiger partial charge in [-0.1, -0.05) is 0 Å². The average molecular weight is 243 g/mol. The molecule has 0 saturated heterocycles. The number of halogens is 1. The van der Waals surface area contributed by atoms with Crippen molar-refractivity contribution in [2.45, 2.75) is 18.9 Å².